The van der Waals surface area contributed by atoms with Gasteiger partial charge in [0.25, 0.3) is 11.5 Å². The smallest absolute Gasteiger partial charge is 0.255 e. The maximum Gasteiger partial charge on any atom is 0.255 e. The summed E-state index contributed by atoms with van der Waals surface area (Å²) in [6.45, 7) is 1.63. The van der Waals surface area contributed by atoms with E-state index in [1.54, 1.807) is 24.6 Å². The monoisotopic (exact) mass is 380 g/mol. The van der Waals surface area contributed by atoms with Gasteiger partial charge in [-0.2, -0.15) is 0 Å². The van der Waals surface area contributed by atoms with E-state index in [0.29, 0.717) is 22.8 Å². The number of halogens is 1. The molecule has 0 bridgehead atoms. The van der Waals surface area contributed by atoms with E-state index in [1.807, 2.05) is 6.07 Å². The summed E-state index contributed by atoms with van der Waals surface area (Å²) < 4.78 is 15.1. The van der Waals surface area contributed by atoms with Crippen molar-refractivity contribution in [3.63, 3.8) is 0 Å². The average Bonchev–Trinajstić information content (AvgIpc) is 3.08. The molecule has 0 saturated carbocycles. The Morgan fingerprint density at radius 1 is 1.19 bits per heavy atom. The third kappa shape index (κ3) is 3.61. The molecular weight excluding hydrogens is 367 g/mol. The number of thiazole rings is 1. The average molecular weight is 380 g/mol. The number of aryl methyl sites for hydroxylation is 1. The summed E-state index contributed by atoms with van der Waals surface area (Å²) in [5.41, 5.74) is 3.51. The van der Waals surface area contributed by atoms with Gasteiger partial charge in [-0.05, 0) is 43.3 Å². The van der Waals surface area contributed by atoms with Gasteiger partial charge in [-0.15, -0.1) is 11.3 Å². The maximum atomic E-state index is 14.1. The highest BCUT2D eigenvalue weighted by Gasteiger charge is 2.12. The van der Waals surface area contributed by atoms with Gasteiger partial charge in [-0.25, -0.2) is 14.4 Å². The summed E-state index contributed by atoms with van der Waals surface area (Å²) in [4.78, 5) is 35.2. The van der Waals surface area contributed by atoms with Crippen LogP contribution in [0, 0.1) is 12.7 Å². The van der Waals surface area contributed by atoms with Crippen molar-refractivity contribution in [3.8, 4) is 11.3 Å². The van der Waals surface area contributed by atoms with Gasteiger partial charge in [0, 0.05) is 22.9 Å². The summed E-state index contributed by atoms with van der Waals surface area (Å²) in [5, 5.41) is 2.74. The third-order valence-corrected chi connectivity index (χ3v) is 4.71. The highest BCUT2D eigenvalue weighted by molar-refractivity contribution is 7.16. The Morgan fingerprint density at radius 2 is 2.04 bits per heavy atom. The topological polar surface area (TPSA) is 87.7 Å². The van der Waals surface area contributed by atoms with Crippen LogP contribution in [0.15, 0.2) is 52.8 Å². The number of carbonyl (C=O) groups excluding carboxylic acids is 1. The van der Waals surface area contributed by atoms with E-state index in [2.05, 4.69) is 20.3 Å². The number of hydrogen-bond acceptors (Lipinski definition) is 5. The highest BCUT2D eigenvalue weighted by Crippen LogP contribution is 2.23. The van der Waals surface area contributed by atoms with Gasteiger partial charge in [0.2, 0.25) is 0 Å². The van der Waals surface area contributed by atoms with Crippen LogP contribution in [0.2, 0.25) is 0 Å². The largest absolute Gasteiger partial charge is 0.322 e. The fourth-order valence-electron chi connectivity index (χ4n) is 2.73. The Labute approximate surface area is 156 Å². The fraction of sp³-hybridized carbons (Fsp3) is 0.0526. The van der Waals surface area contributed by atoms with E-state index in [9.17, 15) is 14.0 Å². The Balaban J connectivity index is 1.67. The summed E-state index contributed by atoms with van der Waals surface area (Å²) in [6.07, 6.45) is 0. The number of anilines is 1. The lowest BCUT2D eigenvalue weighted by Crippen LogP contribution is -2.13. The number of fused-ring (bicyclic) bond motifs is 1. The first kappa shape index (κ1) is 17.0. The predicted octanol–water partition coefficient (Wildman–Crippen LogP) is 3.75. The Kier molecular flexibility index (Phi) is 4.25. The quantitative estimate of drug-likeness (QED) is 0.567. The van der Waals surface area contributed by atoms with Gasteiger partial charge in [0.1, 0.15) is 11.6 Å². The molecule has 4 aromatic rings. The van der Waals surface area contributed by atoms with Crippen molar-refractivity contribution in [2.45, 2.75) is 6.92 Å². The Bertz CT molecular complexity index is 1230. The zero-order valence-electron chi connectivity index (χ0n) is 14.1. The van der Waals surface area contributed by atoms with Crippen molar-refractivity contribution in [3.05, 3.63) is 75.5 Å². The van der Waals surface area contributed by atoms with Crippen molar-refractivity contribution in [2.24, 2.45) is 0 Å². The van der Waals surface area contributed by atoms with Crippen LogP contribution < -0.4 is 10.9 Å². The molecule has 2 N–H and O–H groups in total. The van der Waals surface area contributed by atoms with Gasteiger partial charge >= 0.3 is 0 Å². The van der Waals surface area contributed by atoms with Gasteiger partial charge in [-0.3, -0.25) is 9.59 Å². The molecule has 1 amide bonds. The van der Waals surface area contributed by atoms with Crippen LogP contribution in [0.5, 0.6) is 0 Å². The molecule has 0 radical (unpaired) electrons. The number of carbonyl (C=O) groups is 1. The van der Waals surface area contributed by atoms with Crippen LogP contribution in [0.3, 0.4) is 0 Å². The first-order valence-electron chi connectivity index (χ1n) is 8.01. The van der Waals surface area contributed by atoms with Crippen LogP contribution in [0.4, 0.5) is 10.1 Å². The second kappa shape index (κ2) is 6.73. The van der Waals surface area contributed by atoms with E-state index < -0.39 is 11.7 Å². The van der Waals surface area contributed by atoms with Gasteiger partial charge < -0.3 is 10.3 Å². The number of rotatable bonds is 3. The van der Waals surface area contributed by atoms with Gasteiger partial charge in [0.15, 0.2) is 0 Å². The number of aromatic amines is 1. The van der Waals surface area contributed by atoms with E-state index >= 15 is 0 Å². The predicted molar refractivity (Wildman–Crippen MR) is 103 cm³/mol. The van der Waals surface area contributed by atoms with Crippen LogP contribution in [0.25, 0.3) is 21.5 Å². The summed E-state index contributed by atoms with van der Waals surface area (Å²) in [5.74, 6) is -0.649. The fourth-order valence-corrected chi connectivity index (χ4v) is 3.39. The number of benzene rings is 2. The minimum Gasteiger partial charge on any atom is -0.322 e. The van der Waals surface area contributed by atoms with Crippen molar-refractivity contribution in [1.29, 1.82) is 0 Å². The normalized spacial score (nSPS) is 10.9. The molecule has 0 fully saturated rings. The van der Waals surface area contributed by atoms with Crippen LogP contribution in [-0.2, 0) is 0 Å². The third-order valence-electron chi connectivity index (χ3n) is 3.90. The number of nitrogens with one attached hydrogen (secondary N) is 2. The molecule has 2 aromatic heterocycles. The lowest BCUT2D eigenvalue weighted by Gasteiger charge is -2.08. The van der Waals surface area contributed by atoms with Crippen molar-refractivity contribution in [1.82, 2.24) is 15.0 Å². The Morgan fingerprint density at radius 3 is 2.85 bits per heavy atom. The van der Waals surface area contributed by atoms with Crippen molar-refractivity contribution >= 4 is 33.1 Å². The van der Waals surface area contributed by atoms with Gasteiger partial charge in [0.05, 0.1) is 21.4 Å². The van der Waals surface area contributed by atoms with Gasteiger partial charge in [-0.1, -0.05) is 0 Å². The molecule has 0 saturated heterocycles. The minimum atomic E-state index is -0.590. The molecule has 27 heavy (non-hydrogen) atoms. The van der Waals surface area contributed by atoms with Crippen LogP contribution in [0.1, 0.15) is 16.2 Å². The Hall–Kier alpha value is -3.39. The standard InChI is InChI=1S/C19H13FN4O2S/c1-10-22-15(8-18(25)23-10)11-4-12(6-13(20)5-11)19(26)24-14-2-3-17-16(7-14)21-9-27-17/h2-9H,1H3,(H,24,26)(H,22,23,25). The summed E-state index contributed by atoms with van der Waals surface area (Å²) in [6, 6.07) is 10.5. The van der Waals surface area contributed by atoms with Crippen molar-refractivity contribution in [2.75, 3.05) is 5.32 Å². The minimum absolute atomic E-state index is 0.128. The number of hydrogen-bond donors (Lipinski definition) is 2. The van der Waals surface area contributed by atoms with E-state index in [0.717, 1.165) is 16.3 Å². The molecule has 0 aliphatic heterocycles. The number of nitrogens with zero attached hydrogens (tertiary/aromatic N) is 2. The highest BCUT2D eigenvalue weighted by atomic mass is 32.1. The van der Waals surface area contributed by atoms with E-state index in [-0.39, 0.29) is 11.1 Å². The first-order valence-corrected chi connectivity index (χ1v) is 8.89. The second-order valence-electron chi connectivity index (χ2n) is 5.93. The molecule has 134 valence electrons. The molecule has 2 aromatic carbocycles. The molecule has 8 heteroatoms. The van der Waals surface area contributed by atoms with E-state index in [4.69, 9.17) is 0 Å². The molecule has 2 heterocycles. The number of H-pyrrole nitrogens is 1. The summed E-state index contributed by atoms with van der Waals surface area (Å²) in [7, 11) is 0. The van der Waals surface area contributed by atoms with E-state index in [1.165, 1.54) is 29.5 Å². The lowest BCUT2D eigenvalue weighted by molar-refractivity contribution is 0.102. The second-order valence-corrected chi connectivity index (χ2v) is 6.82. The molecule has 0 aliphatic rings. The molecule has 0 unspecified atom stereocenters. The molecule has 4 rings (SSSR count). The number of amides is 1. The summed E-state index contributed by atoms with van der Waals surface area (Å²) >= 11 is 1.51. The lowest BCUT2D eigenvalue weighted by atomic mass is 10.1. The zero-order valence-corrected chi connectivity index (χ0v) is 14.9. The molecule has 0 aliphatic carbocycles. The maximum absolute atomic E-state index is 14.1. The zero-order chi connectivity index (χ0) is 19.0. The van der Waals surface area contributed by atoms with Crippen LogP contribution in [-0.4, -0.2) is 20.9 Å². The first-order chi connectivity index (χ1) is 13.0. The molecule has 0 atom stereocenters. The van der Waals surface area contributed by atoms with Crippen LogP contribution >= 0.6 is 11.3 Å². The molecule has 6 nitrogen and oxygen atoms in total. The SMILES string of the molecule is Cc1nc(-c2cc(F)cc(C(=O)Nc3ccc4scnc4c3)c2)cc(=O)[nH]1. The molecule has 0 spiro atoms. The van der Waals surface area contributed by atoms with Crippen molar-refractivity contribution < 1.29 is 9.18 Å². The number of aromatic nitrogens is 3. The molecular formula is C19H13FN4O2S.